The van der Waals surface area contributed by atoms with Crippen LogP contribution in [0.3, 0.4) is 0 Å². The molecule has 116 valence electrons. The Labute approximate surface area is 123 Å². The molecular formula is C17H31NO2. The van der Waals surface area contributed by atoms with E-state index in [-0.39, 0.29) is 0 Å². The van der Waals surface area contributed by atoms with Crippen molar-refractivity contribution < 1.29 is 9.90 Å². The van der Waals surface area contributed by atoms with E-state index in [1.807, 2.05) is 0 Å². The Morgan fingerprint density at radius 1 is 1.00 bits per heavy atom. The van der Waals surface area contributed by atoms with Gasteiger partial charge in [-0.15, -0.1) is 0 Å². The van der Waals surface area contributed by atoms with E-state index in [1.54, 1.807) is 0 Å². The number of carboxylic acid groups (broad SMARTS) is 1. The average Bonchev–Trinajstić information content (AvgIpc) is 2.90. The van der Waals surface area contributed by atoms with Crippen molar-refractivity contribution in [2.24, 2.45) is 5.92 Å². The summed E-state index contributed by atoms with van der Waals surface area (Å²) in [5.74, 6) is 0.346. The first kappa shape index (κ1) is 15.8. The highest BCUT2D eigenvalue weighted by atomic mass is 16.4. The van der Waals surface area contributed by atoms with Crippen LogP contribution >= 0.6 is 0 Å². The van der Waals surface area contributed by atoms with E-state index in [0.29, 0.717) is 6.42 Å². The lowest BCUT2D eigenvalue weighted by Crippen LogP contribution is -2.31. The lowest BCUT2D eigenvalue weighted by molar-refractivity contribution is -0.137. The van der Waals surface area contributed by atoms with E-state index >= 15 is 0 Å². The lowest BCUT2D eigenvalue weighted by Gasteiger charge is -2.27. The molecule has 2 fully saturated rings. The summed E-state index contributed by atoms with van der Waals surface area (Å²) in [6.07, 6.45) is 15.0. The van der Waals surface area contributed by atoms with Gasteiger partial charge in [-0.3, -0.25) is 4.79 Å². The molecule has 1 heterocycles. The van der Waals surface area contributed by atoms with Gasteiger partial charge in [-0.2, -0.15) is 0 Å². The highest BCUT2D eigenvalue weighted by Gasteiger charge is 2.25. The van der Waals surface area contributed by atoms with Crippen LogP contribution in [0.25, 0.3) is 0 Å². The molecule has 0 bridgehead atoms. The Morgan fingerprint density at radius 2 is 1.80 bits per heavy atom. The van der Waals surface area contributed by atoms with Gasteiger partial charge in [0.25, 0.3) is 0 Å². The molecule has 1 saturated heterocycles. The molecule has 1 atom stereocenters. The smallest absolute Gasteiger partial charge is 0.303 e. The second-order valence-electron chi connectivity index (χ2n) is 6.76. The maximum Gasteiger partial charge on any atom is 0.303 e. The maximum atomic E-state index is 10.5. The summed E-state index contributed by atoms with van der Waals surface area (Å²) in [7, 11) is 0. The van der Waals surface area contributed by atoms with Crippen LogP contribution in [0, 0.1) is 5.92 Å². The van der Waals surface area contributed by atoms with Gasteiger partial charge in [0.05, 0.1) is 0 Å². The molecule has 0 aromatic carbocycles. The SMILES string of the molecule is O=C(O)CCCCN1CCCC1CCC1CCCCC1. The molecule has 0 aromatic heterocycles. The maximum absolute atomic E-state index is 10.5. The summed E-state index contributed by atoms with van der Waals surface area (Å²) in [5, 5.41) is 8.67. The number of carbonyl (C=O) groups is 1. The highest BCUT2D eigenvalue weighted by Crippen LogP contribution is 2.30. The number of hydrogen-bond acceptors (Lipinski definition) is 2. The van der Waals surface area contributed by atoms with Gasteiger partial charge in [0.15, 0.2) is 0 Å². The predicted molar refractivity (Wildman–Crippen MR) is 81.9 cm³/mol. The zero-order valence-electron chi connectivity index (χ0n) is 12.9. The van der Waals surface area contributed by atoms with Crippen LogP contribution in [-0.2, 0) is 4.79 Å². The molecule has 0 spiro atoms. The third-order valence-corrected chi connectivity index (χ3v) is 5.22. The Hall–Kier alpha value is -0.570. The topological polar surface area (TPSA) is 40.5 Å². The summed E-state index contributed by atoms with van der Waals surface area (Å²) in [6, 6.07) is 0.793. The Balaban J connectivity index is 1.61. The molecule has 1 aliphatic carbocycles. The summed E-state index contributed by atoms with van der Waals surface area (Å²) in [5.41, 5.74) is 0. The van der Waals surface area contributed by atoms with E-state index in [4.69, 9.17) is 5.11 Å². The van der Waals surface area contributed by atoms with E-state index in [9.17, 15) is 4.79 Å². The number of hydrogen-bond donors (Lipinski definition) is 1. The van der Waals surface area contributed by atoms with Gasteiger partial charge in [0.1, 0.15) is 0 Å². The first-order valence-electron chi connectivity index (χ1n) is 8.71. The van der Waals surface area contributed by atoms with Crippen LogP contribution in [0.1, 0.15) is 77.0 Å². The minimum atomic E-state index is -0.653. The molecule has 0 amide bonds. The number of nitrogens with zero attached hydrogens (tertiary/aromatic N) is 1. The summed E-state index contributed by atoms with van der Waals surface area (Å²) in [6.45, 7) is 2.35. The number of aliphatic carboxylic acids is 1. The fourth-order valence-corrected chi connectivity index (χ4v) is 4.01. The first-order chi connectivity index (χ1) is 9.75. The molecule has 20 heavy (non-hydrogen) atoms. The van der Waals surface area contributed by atoms with Crippen LogP contribution in [0.15, 0.2) is 0 Å². The second kappa shape index (κ2) is 8.66. The predicted octanol–water partition coefficient (Wildman–Crippen LogP) is 4.07. The van der Waals surface area contributed by atoms with Crippen molar-refractivity contribution in [2.45, 2.75) is 83.1 Å². The zero-order valence-corrected chi connectivity index (χ0v) is 12.9. The van der Waals surface area contributed by atoms with Crippen LogP contribution in [0.2, 0.25) is 0 Å². The number of carboxylic acids is 1. The molecule has 0 aromatic rings. The molecule has 2 aliphatic rings. The molecule has 0 radical (unpaired) electrons. The van der Waals surface area contributed by atoms with E-state index in [0.717, 1.165) is 31.3 Å². The standard InChI is InChI=1S/C17H31NO2/c19-17(20)10-4-5-13-18-14-6-9-16(18)12-11-15-7-2-1-3-8-15/h15-16H,1-14H2,(H,19,20). The van der Waals surface area contributed by atoms with Crippen molar-refractivity contribution in [3.8, 4) is 0 Å². The first-order valence-corrected chi connectivity index (χ1v) is 8.71. The van der Waals surface area contributed by atoms with Crippen molar-refractivity contribution in [3.05, 3.63) is 0 Å². The second-order valence-corrected chi connectivity index (χ2v) is 6.76. The molecule has 2 rings (SSSR count). The molecular weight excluding hydrogens is 250 g/mol. The van der Waals surface area contributed by atoms with Crippen molar-refractivity contribution in [1.29, 1.82) is 0 Å². The minimum Gasteiger partial charge on any atom is -0.481 e. The molecule has 1 saturated carbocycles. The van der Waals surface area contributed by atoms with Gasteiger partial charge in [-0.25, -0.2) is 0 Å². The summed E-state index contributed by atoms with van der Waals surface area (Å²) in [4.78, 5) is 13.2. The largest absolute Gasteiger partial charge is 0.481 e. The van der Waals surface area contributed by atoms with Crippen molar-refractivity contribution in [2.75, 3.05) is 13.1 Å². The van der Waals surface area contributed by atoms with Gasteiger partial charge in [0.2, 0.25) is 0 Å². The van der Waals surface area contributed by atoms with E-state index < -0.39 is 5.97 Å². The number of rotatable bonds is 8. The van der Waals surface area contributed by atoms with Gasteiger partial charge in [0, 0.05) is 12.5 Å². The fraction of sp³-hybridized carbons (Fsp3) is 0.941. The number of unbranched alkanes of at least 4 members (excludes halogenated alkanes) is 1. The molecule has 1 unspecified atom stereocenters. The third kappa shape index (κ3) is 5.43. The Kier molecular flexibility index (Phi) is 6.85. The minimum absolute atomic E-state index is 0.334. The molecule has 1 aliphatic heterocycles. The molecule has 1 N–H and O–H groups in total. The van der Waals surface area contributed by atoms with Crippen molar-refractivity contribution >= 4 is 5.97 Å². The number of likely N-dealkylation sites (tertiary alicyclic amines) is 1. The Bertz CT molecular complexity index is 287. The summed E-state index contributed by atoms with van der Waals surface area (Å²) < 4.78 is 0. The average molecular weight is 281 g/mol. The van der Waals surface area contributed by atoms with Crippen molar-refractivity contribution in [3.63, 3.8) is 0 Å². The van der Waals surface area contributed by atoms with Gasteiger partial charge < -0.3 is 10.0 Å². The monoisotopic (exact) mass is 281 g/mol. The quantitative estimate of drug-likeness (QED) is 0.682. The third-order valence-electron chi connectivity index (χ3n) is 5.22. The lowest BCUT2D eigenvalue weighted by atomic mass is 9.85. The van der Waals surface area contributed by atoms with Crippen LogP contribution in [0.5, 0.6) is 0 Å². The van der Waals surface area contributed by atoms with Gasteiger partial charge in [-0.1, -0.05) is 32.1 Å². The highest BCUT2D eigenvalue weighted by molar-refractivity contribution is 5.66. The van der Waals surface area contributed by atoms with Crippen LogP contribution in [0.4, 0.5) is 0 Å². The van der Waals surface area contributed by atoms with Gasteiger partial charge in [-0.05, 0) is 57.5 Å². The molecule has 3 nitrogen and oxygen atoms in total. The van der Waals surface area contributed by atoms with E-state index in [2.05, 4.69) is 4.90 Å². The van der Waals surface area contributed by atoms with Gasteiger partial charge >= 0.3 is 5.97 Å². The normalized spacial score (nSPS) is 25.1. The molecule has 3 heteroatoms. The van der Waals surface area contributed by atoms with Crippen LogP contribution in [-0.4, -0.2) is 35.1 Å². The van der Waals surface area contributed by atoms with Crippen molar-refractivity contribution in [1.82, 2.24) is 4.90 Å². The summed E-state index contributed by atoms with van der Waals surface area (Å²) >= 11 is 0. The zero-order chi connectivity index (χ0) is 14.2. The van der Waals surface area contributed by atoms with Crippen LogP contribution < -0.4 is 0 Å². The van der Waals surface area contributed by atoms with E-state index in [1.165, 1.54) is 64.3 Å². The Morgan fingerprint density at radius 3 is 2.55 bits per heavy atom. The fourth-order valence-electron chi connectivity index (χ4n) is 4.01.